The van der Waals surface area contributed by atoms with E-state index < -0.39 is 17.8 Å². The molecule has 1 aliphatic heterocycles. The summed E-state index contributed by atoms with van der Waals surface area (Å²) in [6, 6.07) is 4.62. The van der Waals surface area contributed by atoms with Crippen LogP contribution in [0.15, 0.2) is 30.1 Å². The lowest BCUT2D eigenvalue weighted by molar-refractivity contribution is -0.155. The molecule has 0 aromatic heterocycles. The normalized spacial score (nSPS) is 13.4. The molecule has 2 rings (SSSR count). The van der Waals surface area contributed by atoms with Crippen LogP contribution in [0.1, 0.15) is 12.8 Å². The zero-order chi connectivity index (χ0) is 26.2. The number of methoxy groups -OCH3 is 2. The van der Waals surface area contributed by atoms with Gasteiger partial charge in [-0.15, -0.1) is 0 Å². The highest BCUT2D eigenvalue weighted by atomic mass is 32.1. The van der Waals surface area contributed by atoms with E-state index in [0.29, 0.717) is 30.2 Å². The van der Waals surface area contributed by atoms with Gasteiger partial charge in [0.1, 0.15) is 11.4 Å². The molecule has 1 saturated heterocycles. The van der Waals surface area contributed by atoms with Crippen LogP contribution in [0.3, 0.4) is 0 Å². The molecule has 0 atom stereocenters. The van der Waals surface area contributed by atoms with Crippen molar-refractivity contribution in [1.29, 1.82) is 0 Å². The number of halogens is 1. The number of piperazine rings is 1. The van der Waals surface area contributed by atoms with Crippen LogP contribution in [-0.4, -0.2) is 82.5 Å². The topological polar surface area (TPSA) is 135 Å². The Morgan fingerprint density at radius 2 is 1.91 bits per heavy atom. The fourth-order valence-corrected chi connectivity index (χ4v) is 2.86. The second-order valence-corrected chi connectivity index (χ2v) is 7.38. The van der Waals surface area contributed by atoms with Gasteiger partial charge >= 0.3 is 11.9 Å². The van der Waals surface area contributed by atoms with Gasteiger partial charge in [0.25, 0.3) is 0 Å². The quantitative estimate of drug-likeness (QED) is 0.288. The molecule has 11 nitrogen and oxygen atoms in total. The Morgan fingerprint density at radius 1 is 1.23 bits per heavy atom. The molecule has 194 valence electrons. The van der Waals surface area contributed by atoms with Crippen molar-refractivity contribution < 1.29 is 33.0 Å². The smallest absolute Gasteiger partial charge is 0.308 e. The monoisotopic (exact) mass is 513 g/mol. The second kappa shape index (κ2) is 16.2. The van der Waals surface area contributed by atoms with Crippen LogP contribution in [0.4, 0.5) is 15.8 Å². The zero-order valence-corrected chi connectivity index (χ0v) is 20.9. The minimum Gasteiger partial charge on any atom is -0.493 e. The summed E-state index contributed by atoms with van der Waals surface area (Å²) in [4.78, 5) is 38.1. The van der Waals surface area contributed by atoms with Gasteiger partial charge in [-0.1, -0.05) is 0 Å². The van der Waals surface area contributed by atoms with Crippen LogP contribution in [0.2, 0.25) is 0 Å². The highest BCUT2D eigenvalue weighted by Crippen LogP contribution is 2.24. The number of nitrogens with zero attached hydrogens (tertiary/aromatic N) is 2. The van der Waals surface area contributed by atoms with Crippen molar-refractivity contribution in [3.8, 4) is 0 Å². The highest BCUT2D eigenvalue weighted by Gasteiger charge is 2.26. The maximum atomic E-state index is 14.6. The van der Waals surface area contributed by atoms with Crippen molar-refractivity contribution in [2.24, 2.45) is 5.73 Å². The Labute approximate surface area is 209 Å². The molecular formula is C22H32FN5O6S. The molecular weight excluding hydrogens is 481 g/mol. The molecule has 0 spiro atoms. The van der Waals surface area contributed by atoms with Crippen LogP contribution >= 0.6 is 12.2 Å². The molecule has 1 aromatic rings. The number of hydrogen-bond acceptors (Lipinski definition) is 11. The van der Waals surface area contributed by atoms with E-state index in [1.165, 1.54) is 30.7 Å². The zero-order valence-electron chi connectivity index (χ0n) is 20.0. The molecule has 1 heterocycles. The minimum absolute atomic E-state index is 0.0432. The van der Waals surface area contributed by atoms with Crippen LogP contribution in [0.5, 0.6) is 0 Å². The van der Waals surface area contributed by atoms with Gasteiger partial charge in [-0.2, -0.15) is 0 Å². The number of thiocarbonyl (C=S) groups is 1. The molecule has 13 heteroatoms. The van der Waals surface area contributed by atoms with Crippen LogP contribution < -0.4 is 21.3 Å². The van der Waals surface area contributed by atoms with E-state index in [4.69, 9.17) is 10.5 Å². The Bertz CT molecular complexity index is 901. The summed E-state index contributed by atoms with van der Waals surface area (Å²) in [7, 11) is 4.52. The number of hydrogen-bond donors (Lipinski definition) is 3. The highest BCUT2D eigenvalue weighted by molar-refractivity contribution is 7.78. The maximum absolute atomic E-state index is 14.6. The number of rotatable bonds is 11. The number of nitrogens with two attached hydrogens (primary N) is 1. The summed E-state index contributed by atoms with van der Waals surface area (Å²) in [6.07, 6.45) is 1.38. The first kappa shape index (κ1) is 29.6. The summed E-state index contributed by atoms with van der Waals surface area (Å²) >= 11 is 4.21. The largest absolute Gasteiger partial charge is 0.493 e. The minimum atomic E-state index is -0.598. The van der Waals surface area contributed by atoms with Gasteiger partial charge in [0, 0.05) is 37.2 Å². The maximum Gasteiger partial charge on any atom is 0.308 e. The lowest BCUT2D eigenvalue weighted by Gasteiger charge is -2.35. The number of carbonyl (C=O) groups is 3. The number of esters is 2. The summed E-state index contributed by atoms with van der Waals surface area (Å²) < 4.78 is 28.3. The van der Waals surface area contributed by atoms with Crippen LogP contribution in [-0.2, 0) is 28.6 Å². The van der Waals surface area contributed by atoms with E-state index in [2.05, 4.69) is 32.3 Å². The first-order valence-corrected chi connectivity index (χ1v) is 11.1. The van der Waals surface area contributed by atoms with Crippen molar-refractivity contribution in [2.45, 2.75) is 12.8 Å². The van der Waals surface area contributed by atoms with Gasteiger partial charge in [-0.25, -0.2) is 4.39 Å². The van der Waals surface area contributed by atoms with Gasteiger partial charge in [0.2, 0.25) is 5.91 Å². The SMILES string of the molecule is CNC/C(N)=C/Nc1ccc(N2CCN(COC(=O)CCC(=O)OC)C(=O)C2)c(F)c1.COC=S. The van der Waals surface area contributed by atoms with Crippen LogP contribution in [0, 0.1) is 5.82 Å². The molecule has 0 saturated carbocycles. The third-order valence-electron chi connectivity index (χ3n) is 4.65. The molecule has 1 fully saturated rings. The first-order valence-electron chi connectivity index (χ1n) is 10.6. The van der Waals surface area contributed by atoms with E-state index >= 15 is 0 Å². The van der Waals surface area contributed by atoms with Gasteiger partial charge in [0.15, 0.2) is 6.73 Å². The molecule has 0 aliphatic carbocycles. The van der Waals surface area contributed by atoms with Gasteiger partial charge in [0.05, 0.1) is 39.3 Å². The first-order chi connectivity index (χ1) is 16.7. The Hall–Kier alpha value is -3.45. The third kappa shape index (κ3) is 11.0. The number of ether oxygens (including phenoxy) is 3. The van der Waals surface area contributed by atoms with E-state index in [0.717, 1.165) is 0 Å². The summed E-state index contributed by atoms with van der Waals surface area (Å²) in [5, 5.41) is 5.83. The fourth-order valence-electron chi connectivity index (χ4n) is 2.86. The van der Waals surface area contributed by atoms with Gasteiger partial charge in [-0.3, -0.25) is 14.4 Å². The summed E-state index contributed by atoms with van der Waals surface area (Å²) in [5.74, 6) is -1.88. The molecule has 1 amide bonds. The third-order valence-corrected chi connectivity index (χ3v) is 4.84. The van der Waals surface area contributed by atoms with Gasteiger partial charge < -0.3 is 40.4 Å². The molecule has 0 radical (unpaired) electrons. The Kier molecular flexibility index (Phi) is 13.7. The number of benzene rings is 1. The average molecular weight is 514 g/mol. The molecule has 0 bridgehead atoms. The predicted octanol–water partition coefficient (Wildman–Crippen LogP) is 0.950. The number of anilines is 2. The molecule has 1 aromatic carbocycles. The van der Waals surface area contributed by atoms with Crippen LogP contribution in [0.25, 0.3) is 0 Å². The summed E-state index contributed by atoms with van der Waals surface area (Å²) in [6.45, 7) is 0.896. The lowest BCUT2D eigenvalue weighted by Crippen LogP contribution is -2.51. The molecule has 1 aliphatic rings. The van der Waals surface area contributed by atoms with Gasteiger partial charge in [-0.05, 0) is 37.5 Å². The van der Waals surface area contributed by atoms with E-state index in [1.54, 1.807) is 30.3 Å². The summed E-state index contributed by atoms with van der Waals surface area (Å²) in [5.41, 5.74) is 8.38. The standard InChI is InChI=1S/C20H28FN5O5.C2H4OS/c1-23-10-14(22)11-24-15-3-4-17(16(21)9-15)25-7-8-26(18(27)12-25)13-31-20(29)6-5-19(28)30-2;1-3-2-4/h3-4,9,11,23-24H,5-8,10,12-13,22H2,1-2H3;2H,1H3/b14-11-;. The Balaban J connectivity index is 0.00000142. The number of carbonyl (C=O) groups excluding carboxylic acids is 3. The van der Waals surface area contributed by atoms with E-state index in [9.17, 15) is 18.8 Å². The second-order valence-electron chi connectivity index (χ2n) is 7.19. The van der Waals surface area contributed by atoms with Crippen molar-refractivity contribution in [2.75, 3.05) is 64.4 Å². The van der Waals surface area contributed by atoms with Crippen molar-refractivity contribution in [3.05, 3.63) is 35.9 Å². The van der Waals surface area contributed by atoms with Crippen molar-refractivity contribution in [3.63, 3.8) is 0 Å². The number of likely N-dealkylation sites (N-methyl/N-ethyl adjacent to an activating group) is 1. The number of amides is 1. The molecule has 0 unspecified atom stereocenters. The van der Waals surface area contributed by atoms with Crippen molar-refractivity contribution in [1.82, 2.24) is 10.2 Å². The lowest BCUT2D eigenvalue weighted by atomic mass is 10.2. The number of nitrogens with one attached hydrogen (secondary N) is 2. The van der Waals surface area contributed by atoms with E-state index in [-0.39, 0.29) is 38.6 Å². The van der Waals surface area contributed by atoms with E-state index in [1.807, 2.05) is 0 Å². The predicted molar refractivity (Wildman–Crippen MR) is 133 cm³/mol. The average Bonchev–Trinajstić information content (AvgIpc) is 2.85. The van der Waals surface area contributed by atoms with Crippen molar-refractivity contribution >= 4 is 47.0 Å². The molecule has 35 heavy (non-hydrogen) atoms. The molecule has 4 N–H and O–H groups in total. The fraction of sp³-hybridized carbons (Fsp3) is 0.455. The Morgan fingerprint density at radius 3 is 2.49 bits per heavy atom.